The summed E-state index contributed by atoms with van der Waals surface area (Å²) in [6.45, 7) is 4.01. The SMILES string of the molecule is Cc1cc2c(cn1)Oc1ccccc1/C2=C1/c2ccccc2Oc2cnc(C)cc21. The molecule has 0 spiro atoms. The highest BCUT2D eigenvalue weighted by Gasteiger charge is 2.31. The summed E-state index contributed by atoms with van der Waals surface area (Å²) in [4.78, 5) is 8.93. The molecule has 6 rings (SSSR count). The number of hydrogen-bond donors (Lipinski definition) is 0. The maximum Gasteiger partial charge on any atom is 0.153 e. The number of para-hydroxylation sites is 2. The van der Waals surface area contributed by atoms with Crippen molar-refractivity contribution in [2.45, 2.75) is 13.8 Å². The first-order valence-corrected chi connectivity index (χ1v) is 9.92. The van der Waals surface area contributed by atoms with Crippen LogP contribution in [0.4, 0.5) is 0 Å². The summed E-state index contributed by atoms with van der Waals surface area (Å²) in [6, 6.07) is 20.5. The third-order valence-corrected chi connectivity index (χ3v) is 5.55. The number of benzene rings is 2. The molecule has 0 saturated carbocycles. The van der Waals surface area contributed by atoms with Crippen molar-refractivity contribution in [1.82, 2.24) is 9.97 Å². The fourth-order valence-electron chi connectivity index (χ4n) is 4.24. The van der Waals surface area contributed by atoms with Gasteiger partial charge in [0.15, 0.2) is 11.5 Å². The smallest absolute Gasteiger partial charge is 0.153 e. The van der Waals surface area contributed by atoms with Gasteiger partial charge in [-0.1, -0.05) is 36.4 Å². The van der Waals surface area contributed by atoms with Gasteiger partial charge in [0.05, 0.1) is 12.4 Å². The summed E-state index contributed by atoms with van der Waals surface area (Å²) in [5.41, 5.74) is 8.33. The molecule has 0 radical (unpaired) electrons. The topological polar surface area (TPSA) is 44.2 Å². The van der Waals surface area contributed by atoms with Crippen molar-refractivity contribution in [1.29, 1.82) is 0 Å². The predicted octanol–water partition coefficient (Wildman–Crippen LogP) is 6.31. The van der Waals surface area contributed by atoms with E-state index in [0.717, 1.165) is 67.8 Å². The number of rotatable bonds is 0. The summed E-state index contributed by atoms with van der Waals surface area (Å²) in [5, 5.41) is 0. The zero-order valence-electron chi connectivity index (χ0n) is 16.6. The molecule has 4 heteroatoms. The van der Waals surface area contributed by atoms with Gasteiger partial charge in [-0.2, -0.15) is 0 Å². The van der Waals surface area contributed by atoms with Crippen LogP contribution in [0.1, 0.15) is 33.6 Å². The van der Waals surface area contributed by atoms with E-state index >= 15 is 0 Å². The van der Waals surface area contributed by atoms with Crippen LogP contribution in [0.5, 0.6) is 23.0 Å². The maximum absolute atomic E-state index is 6.21. The fourth-order valence-corrected chi connectivity index (χ4v) is 4.24. The molecule has 30 heavy (non-hydrogen) atoms. The Kier molecular flexibility index (Phi) is 3.56. The minimum absolute atomic E-state index is 0.762. The third kappa shape index (κ3) is 2.47. The van der Waals surface area contributed by atoms with Crippen LogP contribution in [0.15, 0.2) is 73.1 Å². The van der Waals surface area contributed by atoms with E-state index in [1.54, 1.807) is 0 Å². The van der Waals surface area contributed by atoms with Crippen molar-refractivity contribution in [3.8, 4) is 23.0 Å². The van der Waals surface area contributed by atoms with Gasteiger partial charge in [-0.15, -0.1) is 0 Å². The van der Waals surface area contributed by atoms with Crippen LogP contribution >= 0.6 is 0 Å². The number of fused-ring (bicyclic) bond motifs is 4. The Morgan fingerprint density at radius 2 is 0.967 bits per heavy atom. The molecular weight excluding hydrogens is 372 g/mol. The molecule has 0 amide bonds. The molecule has 2 aliphatic heterocycles. The van der Waals surface area contributed by atoms with Crippen molar-refractivity contribution in [3.05, 3.63) is 107 Å². The standard InChI is InChI=1S/C26H18N2O2/c1-15-11-19-23(13-27-15)29-21-9-5-3-7-17(21)25(19)26-18-8-4-6-10-22(18)30-24-14-28-16(2)12-20(24)26/h3-14H,1-2H3/b26-25+. The van der Waals surface area contributed by atoms with Gasteiger partial charge in [0.25, 0.3) is 0 Å². The number of aromatic nitrogens is 2. The quantitative estimate of drug-likeness (QED) is 0.305. The zero-order valence-corrected chi connectivity index (χ0v) is 16.6. The van der Waals surface area contributed by atoms with E-state index in [9.17, 15) is 0 Å². The van der Waals surface area contributed by atoms with E-state index in [1.165, 1.54) is 0 Å². The van der Waals surface area contributed by atoms with E-state index in [-0.39, 0.29) is 0 Å². The molecule has 0 fully saturated rings. The molecule has 2 aromatic heterocycles. The largest absolute Gasteiger partial charge is 0.454 e. The van der Waals surface area contributed by atoms with Crippen LogP contribution in [-0.4, -0.2) is 9.97 Å². The second-order valence-corrected chi connectivity index (χ2v) is 7.59. The predicted molar refractivity (Wildman–Crippen MR) is 116 cm³/mol. The minimum Gasteiger partial charge on any atom is -0.454 e. The van der Waals surface area contributed by atoms with Gasteiger partial charge < -0.3 is 9.47 Å². The zero-order chi connectivity index (χ0) is 20.2. The van der Waals surface area contributed by atoms with E-state index in [1.807, 2.05) is 62.6 Å². The number of nitrogens with zero attached hydrogens (tertiary/aromatic N) is 2. The summed E-state index contributed by atoms with van der Waals surface area (Å²) in [5.74, 6) is 3.18. The lowest BCUT2D eigenvalue weighted by Gasteiger charge is -2.29. The Hall–Kier alpha value is -3.92. The van der Waals surface area contributed by atoms with Crippen LogP contribution in [-0.2, 0) is 0 Å². The van der Waals surface area contributed by atoms with Crippen LogP contribution in [0.2, 0.25) is 0 Å². The monoisotopic (exact) mass is 390 g/mol. The molecule has 0 N–H and O–H groups in total. The molecule has 4 nitrogen and oxygen atoms in total. The summed E-state index contributed by atoms with van der Waals surface area (Å²) in [7, 11) is 0. The van der Waals surface area contributed by atoms with Crippen LogP contribution in [0.25, 0.3) is 11.1 Å². The van der Waals surface area contributed by atoms with Gasteiger partial charge in [0.1, 0.15) is 11.5 Å². The number of aryl methyl sites for hydroxylation is 2. The molecule has 0 atom stereocenters. The molecule has 144 valence electrons. The summed E-state index contributed by atoms with van der Waals surface area (Å²) < 4.78 is 12.4. The molecule has 0 aliphatic carbocycles. The highest BCUT2D eigenvalue weighted by Crippen LogP contribution is 2.52. The lowest BCUT2D eigenvalue weighted by atomic mass is 9.83. The van der Waals surface area contributed by atoms with Crippen LogP contribution < -0.4 is 9.47 Å². The van der Waals surface area contributed by atoms with E-state index in [0.29, 0.717) is 0 Å². The Morgan fingerprint density at radius 3 is 1.43 bits per heavy atom. The first-order valence-electron chi connectivity index (χ1n) is 9.92. The highest BCUT2D eigenvalue weighted by atomic mass is 16.5. The van der Waals surface area contributed by atoms with Crippen molar-refractivity contribution in [2.24, 2.45) is 0 Å². The second-order valence-electron chi connectivity index (χ2n) is 7.59. The molecule has 4 aromatic rings. The number of pyridine rings is 2. The van der Waals surface area contributed by atoms with Crippen molar-refractivity contribution in [3.63, 3.8) is 0 Å². The molecular formula is C26H18N2O2. The van der Waals surface area contributed by atoms with E-state index < -0.39 is 0 Å². The lowest BCUT2D eigenvalue weighted by Crippen LogP contribution is -2.10. The number of ether oxygens (including phenoxy) is 2. The first-order chi connectivity index (χ1) is 14.7. The second kappa shape index (κ2) is 6.29. The average Bonchev–Trinajstić information content (AvgIpc) is 2.76. The lowest BCUT2D eigenvalue weighted by molar-refractivity contribution is 0.468. The van der Waals surface area contributed by atoms with Gasteiger partial charge in [-0.05, 0) is 38.1 Å². The summed E-state index contributed by atoms with van der Waals surface area (Å²) in [6.07, 6.45) is 3.62. The highest BCUT2D eigenvalue weighted by molar-refractivity contribution is 6.09. The summed E-state index contributed by atoms with van der Waals surface area (Å²) >= 11 is 0. The number of hydrogen-bond acceptors (Lipinski definition) is 4. The van der Waals surface area contributed by atoms with Crippen molar-refractivity contribution in [2.75, 3.05) is 0 Å². The van der Waals surface area contributed by atoms with Crippen LogP contribution in [0.3, 0.4) is 0 Å². The molecule has 4 heterocycles. The van der Waals surface area contributed by atoms with Gasteiger partial charge >= 0.3 is 0 Å². The Balaban J connectivity index is 1.80. The Bertz CT molecular complexity index is 1270. The minimum atomic E-state index is 0.762. The van der Waals surface area contributed by atoms with Crippen LogP contribution in [0, 0.1) is 13.8 Å². The van der Waals surface area contributed by atoms with Gasteiger partial charge in [0, 0.05) is 44.8 Å². The normalized spacial score (nSPS) is 15.8. The fraction of sp³-hybridized carbons (Fsp3) is 0.0769. The molecule has 0 unspecified atom stereocenters. The maximum atomic E-state index is 6.21. The van der Waals surface area contributed by atoms with E-state index in [4.69, 9.17) is 9.47 Å². The van der Waals surface area contributed by atoms with Gasteiger partial charge in [0.2, 0.25) is 0 Å². The van der Waals surface area contributed by atoms with Gasteiger partial charge in [-0.3, -0.25) is 9.97 Å². The van der Waals surface area contributed by atoms with Gasteiger partial charge in [-0.25, -0.2) is 0 Å². The molecule has 0 saturated heterocycles. The first kappa shape index (κ1) is 17.0. The molecule has 2 aliphatic rings. The Labute approximate surface area is 174 Å². The van der Waals surface area contributed by atoms with Crippen molar-refractivity contribution >= 4 is 11.1 Å². The van der Waals surface area contributed by atoms with Crippen molar-refractivity contribution < 1.29 is 9.47 Å². The average molecular weight is 390 g/mol. The third-order valence-electron chi connectivity index (χ3n) is 5.55. The molecule has 0 bridgehead atoms. The van der Waals surface area contributed by atoms with E-state index in [2.05, 4.69) is 34.2 Å². The molecule has 2 aromatic carbocycles. The Morgan fingerprint density at radius 1 is 0.533 bits per heavy atom.